The fraction of sp³-hybridized carbons (Fsp3) is 0.474. The molecule has 2 N–H and O–H groups in total. The minimum atomic E-state index is -0.116. The summed E-state index contributed by atoms with van der Waals surface area (Å²) in [7, 11) is 1.86. The minimum Gasteiger partial charge on any atom is -0.396 e. The first-order valence-electron chi connectivity index (χ1n) is 8.84. The van der Waals surface area contributed by atoms with E-state index in [0.29, 0.717) is 13.0 Å². The van der Waals surface area contributed by atoms with Crippen LogP contribution in [0, 0.1) is 0 Å². The van der Waals surface area contributed by atoms with Crippen molar-refractivity contribution in [2.24, 2.45) is 7.05 Å². The van der Waals surface area contributed by atoms with Crippen molar-refractivity contribution < 1.29 is 9.90 Å². The lowest BCUT2D eigenvalue weighted by Crippen LogP contribution is -2.43. The van der Waals surface area contributed by atoms with Crippen LogP contribution in [0.25, 0.3) is 0 Å². The Labute approximate surface area is 148 Å². The molecule has 0 radical (unpaired) electrons. The highest BCUT2D eigenvalue weighted by molar-refractivity contribution is 5.75. The number of carbonyl (C=O) groups is 1. The third-order valence-corrected chi connectivity index (χ3v) is 4.86. The van der Waals surface area contributed by atoms with Crippen molar-refractivity contribution in [3.8, 4) is 0 Å². The molecule has 0 saturated carbocycles. The number of carbonyl (C=O) groups excluding carboxylic acids is 1. The van der Waals surface area contributed by atoms with Crippen LogP contribution < -0.4 is 5.32 Å². The number of aliphatic hydroxyl groups is 1. The van der Waals surface area contributed by atoms with E-state index in [1.54, 1.807) is 10.9 Å². The highest BCUT2D eigenvalue weighted by Crippen LogP contribution is 2.35. The number of fused-ring (bicyclic) bond motifs is 1. The summed E-state index contributed by atoms with van der Waals surface area (Å²) in [6.45, 7) is 2.58. The lowest BCUT2D eigenvalue weighted by Gasteiger charge is -2.31. The molecule has 0 spiro atoms. The second-order valence-corrected chi connectivity index (χ2v) is 6.64. The van der Waals surface area contributed by atoms with Gasteiger partial charge in [0.1, 0.15) is 0 Å². The van der Waals surface area contributed by atoms with E-state index in [0.717, 1.165) is 18.4 Å². The van der Waals surface area contributed by atoms with Gasteiger partial charge in [-0.25, -0.2) is 4.79 Å². The third kappa shape index (κ3) is 3.85. The van der Waals surface area contributed by atoms with Crippen molar-refractivity contribution in [3.63, 3.8) is 0 Å². The van der Waals surface area contributed by atoms with Crippen molar-refractivity contribution in [2.45, 2.75) is 38.3 Å². The van der Waals surface area contributed by atoms with Crippen LogP contribution in [0.15, 0.2) is 36.7 Å². The number of nitrogens with one attached hydrogen (secondary N) is 1. The Morgan fingerprint density at radius 1 is 1.48 bits per heavy atom. The van der Waals surface area contributed by atoms with Gasteiger partial charge in [-0.3, -0.25) is 4.68 Å². The van der Waals surface area contributed by atoms with Crippen LogP contribution in [0.5, 0.6) is 0 Å². The van der Waals surface area contributed by atoms with Gasteiger partial charge in [0.05, 0.1) is 18.3 Å². The lowest BCUT2D eigenvalue weighted by atomic mass is 10.1. The lowest BCUT2D eigenvalue weighted by molar-refractivity contribution is 0.162. The first-order valence-corrected chi connectivity index (χ1v) is 8.84. The number of rotatable bonds is 6. The number of amides is 2. The van der Waals surface area contributed by atoms with Gasteiger partial charge in [0.25, 0.3) is 0 Å². The van der Waals surface area contributed by atoms with Crippen LogP contribution in [-0.4, -0.2) is 39.0 Å². The zero-order chi connectivity index (χ0) is 17.8. The van der Waals surface area contributed by atoms with Gasteiger partial charge in [-0.2, -0.15) is 5.10 Å². The quantitative estimate of drug-likeness (QED) is 0.847. The predicted molar refractivity (Wildman–Crippen MR) is 96.1 cm³/mol. The Kier molecular flexibility index (Phi) is 5.38. The Balaban J connectivity index is 1.75. The standard InChI is InChI=1S/C19H26N4O2/c1-14(16-12-20-22(2)13-16)21-19(25)23(10-5-11-24)18-9-8-15-6-3-4-7-17(15)18/h3-4,6-7,12-14,18,24H,5,8-11H2,1-2H3,(H,21,25)/t14-,18+/m1/s1. The van der Waals surface area contributed by atoms with E-state index in [1.807, 2.05) is 37.2 Å². The average molecular weight is 342 g/mol. The fourth-order valence-corrected chi connectivity index (χ4v) is 3.51. The van der Waals surface area contributed by atoms with E-state index in [2.05, 4.69) is 22.5 Å². The van der Waals surface area contributed by atoms with Gasteiger partial charge >= 0.3 is 6.03 Å². The van der Waals surface area contributed by atoms with E-state index in [4.69, 9.17) is 0 Å². The van der Waals surface area contributed by atoms with Crippen LogP contribution in [0.4, 0.5) is 4.79 Å². The topological polar surface area (TPSA) is 70.4 Å². The molecule has 0 saturated heterocycles. The molecular formula is C19H26N4O2. The molecule has 1 aromatic heterocycles. The summed E-state index contributed by atoms with van der Waals surface area (Å²) >= 11 is 0. The second-order valence-electron chi connectivity index (χ2n) is 6.64. The van der Waals surface area contributed by atoms with E-state index in [-0.39, 0.29) is 24.7 Å². The molecule has 1 heterocycles. The first-order chi connectivity index (χ1) is 12.1. The number of urea groups is 1. The van der Waals surface area contributed by atoms with E-state index in [1.165, 1.54) is 11.1 Å². The van der Waals surface area contributed by atoms with Crippen LogP contribution in [0.1, 0.15) is 48.5 Å². The molecule has 0 bridgehead atoms. The van der Waals surface area contributed by atoms with E-state index < -0.39 is 0 Å². The Bertz CT molecular complexity index is 728. The van der Waals surface area contributed by atoms with E-state index >= 15 is 0 Å². The summed E-state index contributed by atoms with van der Waals surface area (Å²) in [5.74, 6) is 0. The molecule has 25 heavy (non-hydrogen) atoms. The van der Waals surface area contributed by atoms with Gasteiger partial charge in [0, 0.05) is 32.0 Å². The molecule has 1 aliphatic rings. The van der Waals surface area contributed by atoms with Crippen LogP contribution in [0.2, 0.25) is 0 Å². The van der Waals surface area contributed by atoms with Crippen molar-refractivity contribution in [3.05, 3.63) is 53.3 Å². The highest BCUT2D eigenvalue weighted by atomic mass is 16.3. The monoisotopic (exact) mass is 342 g/mol. The summed E-state index contributed by atoms with van der Waals surface area (Å²) in [5.41, 5.74) is 3.52. The molecule has 2 atom stereocenters. The predicted octanol–water partition coefficient (Wildman–Crippen LogP) is 2.56. The molecule has 0 aliphatic heterocycles. The Morgan fingerprint density at radius 3 is 3.00 bits per heavy atom. The summed E-state index contributed by atoms with van der Waals surface area (Å²) in [6.07, 6.45) is 6.18. The number of aromatic nitrogens is 2. The number of nitrogens with zero attached hydrogens (tertiary/aromatic N) is 3. The number of hydrogen-bond donors (Lipinski definition) is 2. The maximum absolute atomic E-state index is 12.9. The molecule has 2 aromatic rings. The van der Waals surface area contributed by atoms with Crippen molar-refractivity contribution in [1.82, 2.24) is 20.0 Å². The molecule has 134 valence electrons. The van der Waals surface area contributed by atoms with Crippen LogP contribution >= 0.6 is 0 Å². The summed E-state index contributed by atoms with van der Waals surface area (Å²) in [5, 5.41) is 16.5. The van der Waals surface area contributed by atoms with Gasteiger partial charge in [-0.15, -0.1) is 0 Å². The zero-order valence-corrected chi connectivity index (χ0v) is 14.9. The van der Waals surface area contributed by atoms with Crippen LogP contribution in [-0.2, 0) is 13.5 Å². The third-order valence-electron chi connectivity index (χ3n) is 4.86. The average Bonchev–Trinajstić information content (AvgIpc) is 3.22. The SMILES string of the molecule is C[C@@H](NC(=O)N(CCCO)[C@H]1CCc2ccccc21)c1cnn(C)c1. The van der Waals surface area contributed by atoms with Gasteiger partial charge in [0.15, 0.2) is 0 Å². The molecule has 0 fully saturated rings. The highest BCUT2D eigenvalue weighted by Gasteiger charge is 2.31. The molecular weight excluding hydrogens is 316 g/mol. The first kappa shape index (κ1) is 17.5. The van der Waals surface area contributed by atoms with Gasteiger partial charge in [0.2, 0.25) is 0 Å². The number of aliphatic hydroxyl groups excluding tert-OH is 1. The Morgan fingerprint density at radius 2 is 2.28 bits per heavy atom. The molecule has 3 rings (SSSR count). The maximum atomic E-state index is 12.9. The molecule has 6 nitrogen and oxygen atoms in total. The molecule has 1 aliphatic carbocycles. The number of benzene rings is 1. The molecule has 1 aromatic carbocycles. The molecule has 2 amide bonds. The second kappa shape index (κ2) is 7.70. The van der Waals surface area contributed by atoms with E-state index in [9.17, 15) is 9.90 Å². The number of aryl methyl sites for hydroxylation is 2. The molecule has 6 heteroatoms. The fourth-order valence-electron chi connectivity index (χ4n) is 3.51. The van der Waals surface area contributed by atoms with Crippen LogP contribution in [0.3, 0.4) is 0 Å². The minimum absolute atomic E-state index is 0.0730. The zero-order valence-electron chi connectivity index (χ0n) is 14.9. The summed E-state index contributed by atoms with van der Waals surface area (Å²) in [4.78, 5) is 14.8. The smallest absolute Gasteiger partial charge is 0.318 e. The van der Waals surface area contributed by atoms with Crippen molar-refractivity contribution in [1.29, 1.82) is 0 Å². The molecule has 0 unspecified atom stereocenters. The van der Waals surface area contributed by atoms with Gasteiger partial charge in [-0.05, 0) is 37.3 Å². The summed E-state index contributed by atoms with van der Waals surface area (Å²) in [6, 6.07) is 8.18. The van der Waals surface area contributed by atoms with Crippen molar-refractivity contribution in [2.75, 3.05) is 13.2 Å². The summed E-state index contributed by atoms with van der Waals surface area (Å²) < 4.78 is 1.73. The van der Waals surface area contributed by atoms with Gasteiger partial charge < -0.3 is 15.3 Å². The van der Waals surface area contributed by atoms with Gasteiger partial charge in [-0.1, -0.05) is 24.3 Å². The number of hydrogen-bond acceptors (Lipinski definition) is 3. The maximum Gasteiger partial charge on any atom is 0.318 e. The van der Waals surface area contributed by atoms with Crippen molar-refractivity contribution >= 4 is 6.03 Å². The largest absolute Gasteiger partial charge is 0.396 e. The normalized spacial score (nSPS) is 17.2. The Hall–Kier alpha value is -2.34.